The van der Waals surface area contributed by atoms with E-state index in [4.69, 9.17) is 11.6 Å². The molecule has 1 aromatic carbocycles. The number of nitrogens with one attached hydrogen (secondary N) is 2. The van der Waals surface area contributed by atoms with Crippen molar-refractivity contribution in [2.45, 2.75) is 13.3 Å². The second-order valence-corrected chi connectivity index (χ2v) is 6.06. The van der Waals surface area contributed by atoms with Gasteiger partial charge >= 0.3 is 0 Å². The normalized spacial score (nSPS) is 10.5. The summed E-state index contributed by atoms with van der Waals surface area (Å²) in [6.07, 6.45) is 5.32. The standard InChI is InChI=1S/C18H19ClN6O/c1-13-20-8-9-25(13)17-11-16(23-12-24-17)21-6-7-22-18(26)10-14-4-2-3-5-15(14)19/h2-5,8-9,11-12H,6-7,10H2,1H3,(H,22,26)(H,21,23,24). The first kappa shape index (κ1) is 17.9. The van der Waals surface area contributed by atoms with E-state index in [-0.39, 0.29) is 12.3 Å². The van der Waals surface area contributed by atoms with Crippen LogP contribution in [0.5, 0.6) is 0 Å². The zero-order chi connectivity index (χ0) is 18.4. The molecule has 26 heavy (non-hydrogen) atoms. The smallest absolute Gasteiger partial charge is 0.224 e. The first-order valence-corrected chi connectivity index (χ1v) is 8.57. The fourth-order valence-electron chi connectivity index (χ4n) is 2.47. The zero-order valence-corrected chi connectivity index (χ0v) is 15.1. The summed E-state index contributed by atoms with van der Waals surface area (Å²) in [5, 5.41) is 6.63. The number of nitrogens with zero attached hydrogens (tertiary/aromatic N) is 4. The molecule has 0 atom stereocenters. The number of benzene rings is 1. The summed E-state index contributed by atoms with van der Waals surface area (Å²) in [7, 11) is 0. The highest BCUT2D eigenvalue weighted by atomic mass is 35.5. The number of hydrogen-bond donors (Lipinski definition) is 2. The van der Waals surface area contributed by atoms with E-state index in [9.17, 15) is 4.79 Å². The maximum Gasteiger partial charge on any atom is 0.224 e. The molecular weight excluding hydrogens is 352 g/mol. The minimum atomic E-state index is -0.0719. The van der Waals surface area contributed by atoms with Gasteiger partial charge in [0.15, 0.2) is 0 Å². The Hall–Kier alpha value is -2.93. The third-order valence-corrected chi connectivity index (χ3v) is 4.16. The van der Waals surface area contributed by atoms with Crippen molar-refractivity contribution in [3.05, 3.63) is 65.5 Å². The van der Waals surface area contributed by atoms with Gasteiger partial charge in [-0.25, -0.2) is 15.0 Å². The van der Waals surface area contributed by atoms with E-state index < -0.39 is 0 Å². The van der Waals surface area contributed by atoms with Crippen molar-refractivity contribution in [1.82, 2.24) is 24.8 Å². The van der Waals surface area contributed by atoms with Crippen LogP contribution in [-0.4, -0.2) is 38.5 Å². The molecule has 0 aliphatic heterocycles. The molecular formula is C18H19ClN6O. The number of carbonyl (C=O) groups excluding carboxylic acids is 1. The summed E-state index contributed by atoms with van der Waals surface area (Å²) >= 11 is 6.06. The molecule has 0 aliphatic carbocycles. The Morgan fingerprint density at radius 2 is 2.04 bits per heavy atom. The summed E-state index contributed by atoms with van der Waals surface area (Å²) in [4.78, 5) is 24.6. The molecule has 1 amide bonds. The number of aromatic nitrogens is 4. The molecule has 7 nitrogen and oxygen atoms in total. The highest BCUT2D eigenvalue weighted by Gasteiger charge is 2.06. The SMILES string of the molecule is Cc1nccn1-c1cc(NCCNC(=O)Cc2ccccc2Cl)ncn1. The molecule has 2 heterocycles. The third kappa shape index (κ3) is 4.58. The van der Waals surface area contributed by atoms with E-state index in [2.05, 4.69) is 25.6 Å². The lowest BCUT2D eigenvalue weighted by molar-refractivity contribution is -0.120. The van der Waals surface area contributed by atoms with Crippen molar-refractivity contribution in [3.63, 3.8) is 0 Å². The van der Waals surface area contributed by atoms with Crippen molar-refractivity contribution in [2.24, 2.45) is 0 Å². The number of rotatable bonds is 7. The van der Waals surface area contributed by atoms with Gasteiger partial charge in [-0.05, 0) is 18.6 Å². The third-order valence-electron chi connectivity index (χ3n) is 3.79. The molecule has 0 unspecified atom stereocenters. The summed E-state index contributed by atoms with van der Waals surface area (Å²) in [5.74, 6) is 2.20. The highest BCUT2D eigenvalue weighted by Crippen LogP contribution is 2.15. The fraction of sp³-hybridized carbons (Fsp3) is 0.222. The number of carbonyl (C=O) groups is 1. The van der Waals surface area contributed by atoms with Crippen LogP contribution in [0.1, 0.15) is 11.4 Å². The lowest BCUT2D eigenvalue weighted by Crippen LogP contribution is -2.30. The van der Waals surface area contributed by atoms with Gasteiger partial charge in [-0.15, -0.1) is 0 Å². The van der Waals surface area contributed by atoms with Gasteiger partial charge in [0.1, 0.15) is 23.8 Å². The van der Waals surface area contributed by atoms with Crippen LogP contribution in [0.4, 0.5) is 5.82 Å². The summed E-state index contributed by atoms with van der Waals surface area (Å²) in [5.41, 5.74) is 0.816. The van der Waals surface area contributed by atoms with Gasteiger partial charge in [0.05, 0.1) is 6.42 Å². The van der Waals surface area contributed by atoms with Gasteiger partial charge in [0.25, 0.3) is 0 Å². The molecule has 2 aromatic heterocycles. The summed E-state index contributed by atoms with van der Waals surface area (Å²) in [6, 6.07) is 9.17. The highest BCUT2D eigenvalue weighted by molar-refractivity contribution is 6.31. The van der Waals surface area contributed by atoms with Crippen molar-refractivity contribution in [1.29, 1.82) is 0 Å². The van der Waals surface area contributed by atoms with Gasteiger partial charge in [-0.2, -0.15) is 0 Å². The number of amides is 1. The van der Waals surface area contributed by atoms with Crippen molar-refractivity contribution in [2.75, 3.05) is 18.4 Å². The number of halogens is 1. The van der Waals surface area contributed by atoms with E-state index in [1.54, 1.807) is 12.3 Å². The Labute approximate surface area is 156 Å². The van der Waals surface area contributed by atoms with Gasteiger partial charge in [0, 0.05) is 36.6 Å². The second kappa shape index (κ2) is 8.44. The summed E-state index contributed by atoms with van der Waals surface area (Å²) < 4.78 is 1.87. The number of anilines is 1. The Bertz CT molecular complexity index is 895. The predicted molar refractivity (Wildman–Crippen MR) is 101 cm³/mol. The molecule has 0 spiro atoms. The molecule has 2 N–H and O–H groups in total. The monoisotopic (exact) mass is 370 g/mol. The van der Waals surface area contributed by atoms with E-state index in [1.807, 2.05) is 42.0 Å². The molecule has 0 radical (unpaired) electrons. The van der Waals surface area contributed by atoms with E-state index in [0.29, 0.717) is 23.9 Å². The van der Waals surface area contributed by atoms with Crippen LogP contribution in [0.15, 0.2) is 49.1 Å². The maximum atomic E-state index is 12.0. The molecule has 0 bridgehead atoms. The molecule has 3 aromatic rings. The molecule has 0 aliphatic rings. The average molecular weight is 371 g/mol. The average Bonchev–Trinajstić information content (AvgIpc) is 3.07. The quantitative estimate of drug-likeness (QED) is 0.624. The number of aryl methyl sites for hydroxylation is 1. The van der Waals surface area contributed by atoms with Crippen LogP contribution >= 0.6 is 11.6 Å². The van der Waals surface area contributed by atoms with Crippen LogP contribution in [0.2, 0.25) is 5.02 Å². The lowest BCUT2D eigenvalue weighted by Gasteiger charge is -2.09. The van der Waals surface area contributed by atoms with E-state index in [0.717, 1.165) is 17.2 Å². The maximum absolute atomic E-state index is 12.0. The Kier molecular flexibility index (Phi) is 5.80. The molecule has 0 saturated heterocycles. The molecule has 134 valence electrons. The molecule has 0 saturated carbocycles. The number of imidazole rings is 1. The van der Waals surface area contributed by atoms with Crippen LogP contribution in [0, 0.1) is 6.92 Å². The fourth-order valence-corrected chi connectivity index (χ4v) is 2.67. The first-order valence-electron chi connectivity index (χ1n) is 8.20. The Morgan fingerprint density at radius 3 is 2.81 bits per heavy atom. The first-order chi connectivity index (χ1) is 12.6. The second-order valence-electron chi connectivity index (χ2n) is 5.65. The van der Waals surface area contributed by atoms with Gasteiger partial charge in [-0.3, -0.25) is 9.36 Å². The van der Waals surface area contributed by atoms with Crippen LogP contribution in [0.3, 0.4) is 0 Å². The van der Waals surface area contributed by atoms with E-state index >= 15 is 0 Å². The molecule has 8 heteroatoms. The van der Waals surface area contributed by atoms with Gasteiger partial charge in [0.2, 0.25) is 5.91 Å². The summed E-state index contributed by atoms with van der Waals surface area (Å²) in [6.45, 7) is 2.93. The molecule has 0 fully saturated rings. The largest absolute Gasteiger partial charge is 0.368 e. The Morgan fingerprint density at radius 1 is 1.19 bits per heavy atom. The topological polar surface area (TPSA) is 84.7 Å². The van der Waals surface area contributed by atoms with E-state index in [1.165, 1.54) is 6.33 Å². The van der Waals surface area contributed by atoms with Crippen molar-refractivity contribution >= 4 is 23.3 Å². The van der Waals surface area contributed by atoms with Crippen LogP contribution in [0.25, 0.3) is 5.82 Å². The van der Waals surface area contributed by atoms with Crippen LogP contribution < -0.4 is 10.6 Å². The van der Waals surface area contributed by atoms with Gasteiger partial charge < -0.3 is 10.6 Å². The number of hydrogen-bond acceptors (Lipinski definition) is 5. The Balaban J connectivity index is 1.47. The van der Waals surface area contributed by atoms with Gasteiger partial charge in [-0.1, -0.05) is 29.8 Å². The lowest BCUT2D eigenvalue weighted by atomic mass is 10.1. The molecule has 3 rings (SSSR count). The minimum Gasteiger partial charge on any atom is -0.368 e. The minimum absolute atomic E-state index is 0.0719. The van der Waals surface area contributed by atoms with Crippen LogP contribution in [-0.2, 0) is 11.2 Å². The van der Waals surface area contributed by atoms with Crippen molar-refractivity contribution < 1.29 is 4.79 Å². The van der Waals surface area contributed by atoms with Crippen molar-refractivity contribution in [3.8, 4) is 5.82 Å². The predicted octanol–water partition coefficient (Wildman–Crippen LogP) is 2.39. The zero-order valence-electron chi connectivity index (χ0n) is 14.3.